The average molecular weight is 281 g/mol. The summed E-state index contributed by atoms with van der Waals surface area (Å²) in [5.74, 6) is 1.42. The zero-order valence-electron chi connectivity index (χ0n) is 5.68. The van der Waals surface area contributed by atoms with Gasteiger partial charge in [0.05, 0.1) is 4.47 Å². The van der Waals surface area contributed by atoms with Gasteiger partial charge in [-0.2, -0.15) is 0 Å². The van der Waals surface area contributed by atoms with Gasteiger partial charge < -0.3 is 10.2 Å². The number of furan rings is 1. The van der Waals surface area contributed by atoms with Gasteiger partial charge in [-0.25, -0.2) is 0 Å². The van der Waals surface area contributed by atoms with Crippen LogP contribution in [0, 0.1) is 0 Å². The standard InChI is InChI=1S/C7H7Br2NO/c8-4-2-6(11-7(4)9)3-1-5(3)10/h2-3,5H,1,10H2. The minimum absolute atomic E-state index is 0.306. The molecule has 11 heavy (non-hydrogen) atoms. The van der Waals surface area contributed by atoms with E-state index in [9.17, 15) is 0 Å². The van der Waals surface area contributed by atoms with Gasteiger partial charge in [0.25, 0.3) is 0 Å². The highest BCUT2D eigenvalue weighted by Gasteiger charge is 2.37. The van der Waals surface area contributed by atoms with E-state index in [4.69, 9.17) is 10.2 Å². The van der Waals surface area contributed by atoms with Gasteiger partial charge in [0.15, 0.2) is 4.67 Å². The smallest absolute Gasteiger partial charge is 0.183 e. The first-order chi connectivity index (χ1) is 5.18. The van der Waals surface area contributed by atoms with Crippen LogP contribution in [-0.2, 0) is 0 Å². The summed E-state index contributed by atoms with van der Waals surface area (Å²) in [6.07, 6.45) is 1.05. The summed E-state index contributed by atoms with van der Waals surface area (Å²) in [6.45, 7) is 0. The van der Waals surface area contributed by atoms with Crippen LogP contribution in [-0.4, -0.2) is 6.04 Å². The van der Waals surface area contributed by atoms with E-state index >= 15 is 0 Å². The molecule has 2 rings (SSSR count). The molecule has 2 unspecified atom stereocenters. The summed E-state index contributed by atoms with van der Waals surface area (Å²) >= 11 is 6.63. The molecule has 0 aliphatic heterocycles. The van der Waals surface area contributed by atoms with E-state index in [-0.39, 0.29) is 0 Å². The van der Waals surface area contributed by atoms with Gasteiger partial charge in [0, 0.05) is 12.0 Å². The molecule has 0 saturated heterocycles. The first-order valence-electron chi connectivity index (χ1n) is 3.39. The molecular formula is C7H7Br2NO. The molecule has 2 atom stereocenters. The Morgan fingerprint density at radius 1 is 1.55 bits per heavy atom. The van der Waals surface area contributed by atoms with Crippen molar-refractivity contribution in [1.82, 2.24) is 0 Å². The lowest BCUT2D eigenvalue weighted by Crippen LogP contribution is -1.99. The van der Waals surface area contributed by atoms with Crippen LogP contribution in [0.25, 0.3) is 0 Å². The van der Waals surface area contributed by atoms with E-state index in [2.05, 4.69) is 31.9 Å². The van der Waals surface area contributed by atoms with E-state index in [1.165, 1.54) is 0 Å². The second-order valence-corrected chi connectivity index (χ2v) is 4.35. The second kappa shape index (κ2) is 2.61. The van der Waals surface area contributed by atoms with E-state index in [1.54, 1.807) is 0 Å². The normalized spacial score (nSPS) is 29.0. The lowest BCUT2D eigenvalue weighted by molar-refractivity contribution is 0.486. The zero-order valence-corrected chi connectivity index (χ0v) is 8.85. The first-order valence-corrected chi connectivity index (χ1v) is 4.97. The molecule has 1 heterocycles. The molecule has 1 saturated carbocycles. The molecular weight excluding hydrogens is 274 g/mol. The summed E-state index contributed by atoms with van der Waals surface area (Å²) in [6, 6.07) is 2.28. The first kappa shape index (κ1) is 7.83. The maximum absolute atomic E-state index is 5.67. The van der Waals surface area contributed by atoms with Crippen molar-refractivity contribution < 1.29 is 4.42 Å². The molecule has 0 aromatic carbocycles. The molecule has 1 fully saturated rings. The molecule has 1 aromatic heterocycles. The van der Waals surface area contributed by atoms with Gasteiger partial charge >= 0.3 is 0 Å². The number of rotatable bonds is 1. The highest BCUT2D eigenvalue weighted by Crippen LogP contribution is 2.42. The van der Waals surface area contributed by atoms with E-state index in [0.717, 1.165) is 21.3 Å². The van der Waals surface area contributed by atoms with Gasteiger partial charge in [-0.1, -0.05) is 0 Å². The van der Waals surface area contributed by atoms with Crippen molar-refractivity contribution in [2.75, 3.05) is 0 Å². The quantitative estimate of drug-likeness (QED) is 0.859. The van der Waals surface area contributed by atoms with E-state index < -0.39 is 0 Å². The number of hydrogen-bond donors (Lipinski definition) is 1. The van der Waals surface area contributed by atoms with Crippen LogP contribution in [0.4, 0.5) is 0 Å². The maximum Gasteiger partial charge on any atom is 0.183 e. The molecule has 1 aliphatic carbocycles. The number of halogens is 2. The minimum Gasteiger partial charge on any atom is -0.453 e. The van der Waals surface area contributed by atoms with Crippen LogP contribution in [0.3, 0.4) is 0 Å². The van der Waals surface area contributed by atoms with Crippen molar-refractivity contribution in [3.05, 3.63) is 21.0 Å². The van der Waals surface area contributed by atoms with Crippen LogP contribution in [0.5, 0.6) is 0 Å². The van der Waals surface area contributed by atoms with Gasteiger partial charge in [-0.05, 0) is 44.3 Å². The van der Waals surface area contributed by atoms with Crippen molar-refractivity contribution in [1.29, 1.82) is 0 Å². The van der Waals surface area contributed by atoms with E-state index in [0.29, 0.717) is 12.0 Å². The molecule has 0 radical (unpaired) electrons. The third kappa shape index (κ3) is 1.39. The molecule has 2 N–H and O–H groups in total. The Morgan fingerprint density at radius 3 is 2.55 bits per heavy atom. The van der Waals surface area contributed by atoms with Crippen LogP contribution in [0.15, 0.2) is 19.6 Å². The molecule has 0 amide bonds. The van der Waals surface area contributed by atoms with Crippen LogP contribution in [0.2, 0.25) is 0 Å². The molecule has 1 aromatic rings. The van der Waals surface area contributed by atoms with Crippen molar-refractivity contribution in [3.8, 4) is 0 Å². The van der Waals surface area contributed by atoms with Crippen LogP contribution >= 0.6 is 31.9 Å². The van der Waals surface area contributed by atoms with Gasteiger partial charge in [-0.15, -0.1) is 0 Å². The number of hydrogen-bond acceptors (Lipinski definition) is 2. The van der Waals surface area contributed by atoms with Gasteiger partial charge in [0.2, 0.25) is 0 Å². The number of nitrogens with two attached hydrogens (primary N) is 1. The molecule has 1 aliphatic rings. The Balaban J connectivity index is 2.26. The summed E-state index contributed by atoms with van der Waals surface area (Å²) < 4.78 is 7.12. The Kier molecular flexibility index (Phi) is 1.85. The lowest BCUT2D eigenvalue weighted by atomic mass is 10.3. The SMILES string of the molecule is NC1CC1c1cc(Br)c(Br)o1. The lowest BCUT2D eigenvalue weighted by Gasteiger charge is -1.87. The van der Waals surface area contributed by atoms with Crippen molar-refractivity contribution in [2.24, 2.45) is 5.73 Å². The topological polar surface area (TPSA) is 39.2 Å². The van der Waals surface area contributed by atoms with Gasteiger partial charge in [-0.3, -0.25) is 0 Å². The molecule has 2 nitrogen and oxygen atoms in total. The average Bonchev–Trinajstić information content (AvgIpc) is 2.56. The van der Waals surface area contributed by atoms with Crippen molar-refractivity contribution >= 4 is 31.9 Å². The summed E-state index contributed by atoms with van der Waals surface area (Å²) in [7, 11) is 0. The van der Waals surface area contributed by atoms with Crippen molar-refractivity contribution in [3.63, 3.8) is 0 Å². The van der Waals surface area contributed by atoms with Crippen LogP contribution in [0.1, 0.15) is 18.1 Å². The molecule has 0 bridgehead atoms. The zero-order chi connectivity index (χ0) is 8.01. The molecule has 0 spiro atoms. The second-order valence-electron chi connectivity index (χ2n) is 2.78. The highest BCUT2D eigenvalue weighted by atomic mass is 79.9. The minimum atomic E-state index is 0.306. The Hall–Kier alpha value is 0.200. The summed E-state index contributed by atoms with van der Waals surface area (Å²) in [4.78, 5) is 0. The maximum atomic E-state index is 5.67. The predicted octanol–water partition coefficient (Wildman–Crippen LogP) is 2.62. The Bertz CT molecular complexity index is 264. The summed E-state index contributed by atoms with van der Waals surface area (Å²) in [5.41, 5.74) is 5.67. The van der Waals surface area contributed by atoms with E-state index in [1.807, 2.05) is 6.07 Å². The fourth-order valence-electron chi connectivity index (χ4n) is 1.09. The third-order valence-corrected chi connectivity index (χ3v) is 3.58. The molecule has 60 valence electrons. The fourth-order valence-corrected chi connectivity index (χ4v) is 1.70. The van der Waals surface area contributed by atoms with Gasteiger partial charge in [0.1, 0.15) is 5.76 Å². The largest absolute Gasteiger partial charge is 0.453 e. The Morgan fingerprint density at radius 2 is 2.18 bits per heavy atom. The summed E-state index contributed by atoms with van der Waals surface area (Å²) in [5, 5.41) is 0. The highest BCUT2D eigenvalue weighted by molar-refractivity contribution is 9.13. The van der Waals surface area contributed by atoms with Crippen molar-refractivity contribution in [2.45, 2.75) is 18.4 Å². The predicted molar refractivity (Wildman–Crippen MR) is 49.4 cm³/mol. The fraction of sp³-hybridized carbons (Fsp3) is 0.429. The third-order valence-electron chi connectivity index (χ3n) is 1.87. The monoisotopic (exact) mass is 279 g/mol. The Labute approximate surface area is 81.4 Å². The van der Waals surface area contributed by atoms with Crippen LogP contribution < -0.4 is 5.73 Å². The molecule has 4 heteroatoms.